The Morgan fingerprint density at radius 2 is 1.44 bits per heavy atom. The van der Waals surface area contributed by atoms with Gasteiger partial charge in [0.05, 0.1) is 12.7 Å². The zero-order valence-electron chi connectivity index (χ0n) is 17.5. The highest BCUT2D eigenvalue weighted by atomic mass is 35.5. The molecular formula is C24H23Cl2N5O. The van der Waals surface area contributed by atoms with E-state index in [1.165, 1.54) is 28.5 Å². The van der Waals surface area contributed by atoms with Gasteiger partial charge in [-0.15, -0.1) is 5.10 Å². The van der Waals surface area contributed by atoms with E-state index < -0.39 is 0 Å². The lowest BCUT2D eigenvalue weighted by Gasteiger charge is -2.25. The first-order valence-electron chi connectivity index (χ1n) is 10.8. The average molecular weight is 468 g/mol. The Morgan fingerprint density at radius 1 is 0.812 bits per heavy atom. The number of halogens is 2. The van der Waals surface area contributed by atoms with E-state index in [1.807, 2.05) is 48.5 Å². The number of benzene rings is 2. The van der Waals surface area contributed by atoms with Crippen molar-refractivity contribution < 1.29 is 0 Å². The van der Waals surface area contributed by atoms with Gasteiger partial charge in [-0.05, 0) is 61.3 Å². The van der Waals surface area contributed by atoms with Gasteiger partial charge >= 0.3 is 5.69 Å². The molecule has 0 spiro atoms. The van der Waals surface area contributed by atoms with Gasteiger partial charge in [0.15, 0.2) is 5.65 Å². The van der Waals surface area contributed by atoms with Crippen molar-refractivity contribution in [3.05, 3.63) is 75.3 Å². The fraction of sp³-hybridized carbons (Fsp3) is 0.292. The minimum atomic E-state index is -0.227. The van der Waals surface area contributed by atoms with Crippen molar-refractivity contribution in [2.45, 2.75) is 25.8 Å². The summed E-state index contributed by atoms with van der Waals surface area (Å²) in [5.41, 5.74) is 3.89. The summed E-state index contributed by atoms with van der Waals surface area (Å²) in [5.74, 6) is 0. The Bertz CT molecular complexity index is 1290. The molecule has 5 rings (SSSR count). The van der Waals surface area contributed by atoms with Gasteiger partial charge in [0.25, 0.3) is 0 Å². The lowest BCUT2D eigenvalue weighted by molar-refractivity contribution is 0.217. The number of aromatic nitrogens is 4. The molecule has 0 amide bonds. The van der Waals surface area contributed by atoms with Crippen LogP contribution < -0.4 is 5.69 Å². The normalized spacial score (nSPS) is 14.8. The molecule has 0 bridgehead atoms. The van der Waals surface area contributed by atoms with E-state index in [9.17, 15) is 4.79 Å². The second-order valence-corrected chi connectivity index (χ2v) is 8.96. The second-order valence-electron chi connectivity index (χ2n) is 8.09. The zero-order chi connectivity index (χ0) is 22.1. The molecule has 4 aromatic rings. The van der Waals surface area contributed by atoms with Crippen molar-refractivity contribution in [1.29, 1.82) is 0 Å². The summed E-state index contributed by atoms with van der Waals surface area (Å²) in [4.78, 5) is 15.5. The molecular weight excluding hydrogens is 445 g/mol. The third-order valence-electron chi connectivity index (χ3n) is 5.98. The van der Waals surface area contributed by atoms with Crippen LogP contribution in [0, 0.1) is 0 Å². The fourth-order valence-corrected chi connectivity index (χ4v) is 4.53. The van der Waals surface area contributed by atoms with Crippen molar-refractivity contribution in [2.24, 2.45) is 0 Å². The fourth-order valence-electron chi connectivity index (χ4n) is 4.27. The maximum atomic E-state index is 13.1. The van der Waals surface area contributed by atoms with Gasteiger partial charge in [0.2, 0.25) is 0 Å². The molecule has 0 atom stereocenters. The number of hydrogen-bond donors (Lipinski definition) is 0. The number of hydrogen-bond acceptors (Lipinski definition) is 4. The topological polar surface area (TPSA) is 55.4 Å². The lowest BCUT2D eigenvalue weighted by Crippen LogP contribution is -2.35. The first kappa shape index (κ1) is 21.2. The van der Waals surface area contributed by atoms with Crippen LogP contribution in [0.5, 0.6) is 0 Å². The van der Waals surface area contributed by atoms with E-state index in [4.69, 9.17) is 28.3 Å². The van der Waals surface area contributed by atoms with Crippen LogP contribution in [0.2, 0.25) is 10.0 Å². The van der Waals surface area contributed by atoms with Crippen LogP contribution in [0.15, 0.2) is 59.5 Å². The Hall–Kier alpha value is -2.67. The predicted molar refractivity (Wildman–Crippen MR) is 128 cm³/mol. The molecule has 0 radical (unpaired) electrons. The van der Waals surface area contributed by atoms with Crippen LogP contribution in [0.4, 0.5) is 0 Å². The van der Waals surface area contributed by atoms with Crippen LogP contribution in [-0.4, -0.2) is 43.9 Å². The highest BCUT2D eigenvalue weighted by molar-refractivity contribution is 6.31. The standard InChI is InChI=1S/C24H23Cl2N5O/c25-19-8-4-17(5-9-19)21-16-27-31-23(22(21)18-6-10-20(26)11-7-18)28-30(24(31)32)15-14-29-12-2-1-3-13-29/h4-11,16H,1-3,12-15H2. The molecule has 0 N–H and O–H groups in total. The van der Waals surface area contributed by atoms with Crippen LogP contribution in [0.25, 0.3) is 27.9 Å². The molecule has 6 nitrogen and oxygen atoms in total. The SMILES string of the molecule is O=c1n(CCN2CCCCC2)nc2c(-c3ccc(Cl)cc3)c(-c3ccc(Cl)cc3)cnn12. The van der Waals surface area contributed by atoms with Gasteiger partial charge in [0.1, 0.15) is 0 Å². The molecule has 0 unspecified atom stereocenters. The van der Waals surface area contributed by atoms with Gasteiger partial charge in [-0.3, -0.25) is 0 Å². The third-order valence-corrected chi connectivity index (χ3v) is 6.48. The van der Waals surface area contributed by atoms with Crippen LogP contribution in [0.3, 0.4) is 0 Å². The van der Waals surface area contributed by atoms with Crippen LogP contribution in [0.1, 0.15) is 19.3 Å². The maximum absolute atomic E-state index is 13.1. The lowest BCUT2D eigenvalue weighted by atomic mass is 9.97. The van der Waals surface area contributed by atoms with E-state index >= 15 is 0 Å². The highest BCUT2D eigenvalue weighted by Gasteiger charge is 2.19. The van der Waals surface area contributed by atoms with Gasteiger partial charge in [-0.25, -0.2) is 9.48 Å². The zero-order valence-corrected chi connectivity index (χ0v) is 19.1. The summed E-state index contributed by atoms with van der Waals surface area (Å²) in [6.45, 7) is 3.51. The van der Waals surface area contributed by atoms with Gasteiger partial charge in [-0.1, -0.05) is 53.9 Å². The maximum Gasteiger partial charge on any atom is 0.367 e. The summed E-state index contributed by atoms with van der Waals surface area (Å²) in [6, 6.07) is 15.1. The Balaban J connectivity index is 1.62. The highest BCUT2D eigenvalue weighted by Crippen LogP contribution is 2.34. The molecule has 0 saturated carbocycles. The second kappa shape index (κ2) is 9.06. The Kier molecular flexibility index (Phi) is 6.00. The van der Waals surface area contributed by atoms with E-state index in [2.05, 4.69) is 10.00 Å². The number of piperidine rings is 1. The summed E-state index contributed by atoms with van der Waals surface area (Å²) >= 11 is 12.2. The molecule has 32 heavy (non-hydrogen) atoms. The quantitative estimate of drug-likeness (QED) is 0.413. The molecule has 1 fully saturated rings. The molecule has 1 aliphatic rings. The predicted octanol–water partition coefficient (Wildman–Crippen LogP) is 5.02. The van der Waals surface area contributed by atoms with E-state index in [0.717, 1.165) is 41.9 Å². The number of likely N-dealkylation sites (tertiary alicyclic amines) is 1. The summed E-state index contributed by atoms with van der Waals surface area (Å²) < 4.78 is 2.92. The minimum Gasteiger partial charge on any atom is -0.301 e. The van der Waals surface area contributed by atoms with Crippen molar-refractivity contribution in [3.63, 3.8) is 0 Å². The van der Waals surface area contributed by atoms with Crippen LogP contribution in [-0.2, 0) is 6.54 Å². The molecule has 164 valence electrons. The van der Waals surface area contributed by atoms with Crippen molar-refractivity contribution in [1.82, 2.24) is 24.3 Å². The van der Waals surface area contributed by atoms with Gasteiger partial charge in [0, 0.05) is 27.7 Å². The smallest absolute Gasteiger partial charge is 0.301 e. The monoisotopic (exact) mass is 467 g/mol. The molecule has 8 heteroatoms. The van der Waals surface area contributed by atoms with E-state index in [0.29, 0.717) is 22.2 Å². The third kappa shape index (κ3) is 4.18. The van der Waals surface area contributed by atoms with E-state index in [-0.39, 0.29) is 5.69 Å². The number of nitrogens with zero attached hydrogens (tertiary/aromatic N) is 5. The molecule has 1 saturated heterocycles. The Morgan fingerprint density at radius 3 is 2.09 bits per heavy atom. The number of rotatable bonds is 5. The molecule has 2 aromatic heterocycles. The Labute approximate surface area is 196 Å². The molecule has 0 aliphatic carbocycles. The summed E-state index contributed by atoms with van der Waals surface area (Å²) in [5, 5.41) is 10.5. The minimum absolute atomic E-state index is 0.227. The van der Waals surface area contributed by atoms with Gasteiger partial charge < -0.3 is 4.90 Å². The van der Waals surface area contributed by atoms with Crippen molar-refractivity contribution in [3.8, 4) is 22.3 Å². The average Bonchev–Trinajstić information content (AvgIpc) is 3.14. The van der Waals surface area contributed by atoms with Crippen molar-refractivity contribution >= 4 is 28.8 Å². The largest absolute Gasteiger partial charge is 0.367 e. The van der Waals surface area contributed by atoms with Gasteiger partial charge in [-0.2, -0.15) is 9.61 Å². The van der Waals surface area contributed by atoms with Crippen molar-refractivity contribution in [2.75, 3.05) is 19.6 Å². The summed E-state index contributed by atoms with van der Waals surface area (Å²) in [6.07, 6.45) is 5.43. The number of fused-ring (bicyclic) bond motifs is 1. The first-order chi connectivity index (χ1) is 15.6. The molecule has 2 aromatic carbocycles. The molecule has 3 heterocycles. The van der Waals surface area contributed by atoms with E-state index in [1.54, 1.807) is 6.20 Å². The van der Waals surface area contributed by atoms with Crippen LogP contribution >= 0.6 is 23.2 Å². The summed E-state index contributed by atoms with van der Waals surface area (Å²) in [7, 11) is 0. The first-order valence-corrected chi connectivity index (χ1v) is 11.6. The molecule has 1 aliphatic heterocycles.